The Balaban J connectivity index is 3.05. The lowest BCUT2D eigenvalue weighted by Crippen LogP contribution is -2.15. The van der Waals surface area contributed by atoms with Crippen molar-refractivity contribution in [3.05, 3.63) is 0 Å². The lowest BCUT2D eigenvalue weighted by atomic mass is 10.5. The topological polar surface area (TPSA) is 154 Å². The van der Waals surface area contributed by atoms with Gasteiger partial charge in [0.25, 0.3) is 0 Å². The summed E-state index contributed by atoms with van der Waals surface area (Å²) < 4.78 is 64.1. The molecule has 0 fully saturated rings. The summed E-state index contributed by atoms with van der Waals surface area (Å²) >= 11 is 0. The van der Waals surface area contributed by atoms with Crippen molar-refractivity contribution in [2.75, 3.05) is 159 Å². The molecule has 0 aromatic heterocycles. The van der Waals surface area contributed by atoms with Crippen LogP contribution in [0.1, 0.15) is 13.3 Å². The van der Waals surface area contributed by atoms with E-state index in [0.29, 0.717) is 159 Å². The maximum Gasteiger partial charge on any atom is 0.308 e. The van der Waals surface area contributed by atoms with Gasteiger partial charge in [-0.05, 0) is 6.92 Å². The molecule has 0 unspecified atom stereocenters. The van der Waals surface area contributed by atoms with Crippen LogP contribution in [0.3, 0.4) is 0 Å². The molecule has 0 aliphatic carbocycles. The van der Waals surface area contributed by atoms with Crippen LogP contribution in [0.2, 0.25) is 0 Å². The summed E-state index contributed by atoms with van der Waals surface area (Å²) in [6.45, 7) is 13.6. The molecule has 14 nitrogen and oxygen atoms in total. The molecule has 0 heterocycles. The van der Waals surface area contributed by atoms with Gasteiger partial charge in [-0.3, -0.25) is 4.79 Å². The monoisotopic (exact) mass is 601 g/mol. The van der Waals surface area contributed by atoms with Gasteiger partial charge in [0.2, 0.25) is 0 Å². The molecule has 14 heteroatoms. The second-order valence-electron chi connectivity index (χ2n) is 8.08. The third-order valence-electron chi connectivity index (χ3n) is 4.74. The second kappa shape index (κ2) is 37.0. The van der Waals surface area contributed by atoms with Crippen molar-refractivity contribution >= 4 is 5.97 Å². The van der Waals surface area contributed by atoms with Crippen LogP contribution < -0.4 is 5.73 Å². The molecule has 0 bridgehead atoms. The van der Waals surface area contributed by atoms with Crippen molar-refractivity contribution in [3.8, 4) is 0 Å². The maximum atomic E-state index is 11.1. The quantitative estimate of drug-likeness (QED) is 0.0761. The summed E-state index contributed by atoms with van der Waals surface area (Å²) in [6, 6.07) is 0. The first kappa shape index (κ1) is 40.0. The van der Waals surface area contributed by atoms with Crippen molar-refractivity contribution in [2.45, 2.75) is 13.3 Å². The molecular weight excluding hydrogens is 546 g/mol. The zero-order valence-electron chi connectivity index (χ0n) is 25.1. The predicted molar refractivity (Wildman–Crippen MR) is 149 cm³/mol. The highest BCUT2D eigenvalue weighted by molar-refractivity contribution is 5.69. The van der Waals surface area contributed by atoms with Gasteiger partial charge in [-0.15, -0.1) is 0 Å². The lowest BCUT2D eigenvalue weighted by Gasteiger charge is -2.09. The van der Waals surface area contributed by atoms with E-state index in [1.165, 1.54) is 0 Å². The lowest BCUT2D eigenvalue weighted by molar-refractivity contribution is -0.144. The van der Waals surface area contributed by atoms with Crippen LogP contribution in [-0.4, -0.2) is 164 Å². The Bertz CT molecular complexity index is 506. The largest absolute Gasteiger partial charge is 0.466 e. The minimum absolute atomic E-state index is 0.251. The van der Waals surface area contributed by atoms with Gasteiger partial charge in [-0.1, -0.05) is 0 Å². The van der Waals surface area contributed by atoms with Crippen LogP contribution in [0.15, 0.2) is 0 Å². The van der Waals surface area contributed by atoms with Gasteiger partial charge in [-0.25, -0.2) is 0 Å². The van der Waals surface area contributed by atoms with Gasteiger partial charge in [0.15, 0.2) is 0 Å². The smallest absolute Gasteiger partial charge is 0.308 e. The summed E-state index contributed by atoms with van der Waals surface area (Å²) in [4.78, 5) is 11.1. The molecule has 0 amide bonds. The number of carbonyl (C=O) groups is 1. The van der Waals surface area contributed by atoms with Crippen LogP contribution in [0.25, 0.3) is 0 Å². The molecule has 0 saturated heterocycles. The Labute approximate surface area is 245 Å². The number of hydrogen-bond donors (Lipinski definition) is 1. The molecule has 41 heavy (non-hydrogen) atoms. The maximum absolute atomic E-state index is 11.1. The molecule has 246 valence electrons. The molecule has 0 spiro atoms. The molecular formula is C27H55NO13. The third-order valence-corrected chi connectivity index (χ3v) is 4.74. The number of ether oxygens (including phenoxy) is 12. The summed E-state index contributed by atoms with van der Waals surface area (Å²) in [5, 5.41) is 0. The highest BCUT2D eigenvalue weighted by Gasteiger charge is 2.01. The molecule has 0 saturated carbocycles. The van der Waals surface area contributed by atoms with Gasteiger partial charge >= 0.3 is 5.97 Å². The number of nitrogens with two attached hydrogens (primary N) is 1. The zero-order valence-corrected chi connectivity index (χ0v) is 25.1. The fourth-order valence-electron chi connectivity index (χ4n) is 2.77. The molecule has 0 aliphatic rings. The van der Waals surface area contributed by atoms with Gasteiger partial charge < -0.3 is 62.6 Å². The molecule has 0 atom stereocenters. The highest BCUT2D eigenvalue weighted by atomic mass is 16.6. The van der Waals surface area contributed by atoms with E-state index in [0.717, 1.165) is 0 Å². The van der Waals surface area contributed by atoms with E-state index >= 15 is 0 Å². The number of rotatable bonds is 36. The summed E-state index contributed by atoms with van der Waals surface area (Å²) in [5.74, 6) is -0.251. The van der Waals surface area contributed by atoms with Gasteiger partial charge in [0.05, 0.1) is 158 Å². The Hall–Kier alpha value is -1.01. The minimum atomic E-state index is -0.251. The first-order valence-corrected chi connectivity index (χ1v) is 14.5. The summed E-state index contributed by atoms with van der Waals surface area (Å²) in [5.41, 5.74) is 5.32. The van der Waals surface area contributed by atoms with E-state index in [2.05, 4.69) is 0 Å². The normalized spacial score (nSPS) is 11.4. The first-order chi connectivity index (χ1) is 20.3. The third kappa shape index (κ3) is 37.0. The van der Waals surface area contributed by atoms with Crippen molar-refractivity contribution in [1.82, 2.24) is 0 Å². The molecule has 0 radical (unpaired) electrons. The Morgan fingerprint density at radius 1 is 0.390 bits per heavy atom. The number of hydrogen-bond acceptors (Lipinski definition) is 14. The fraction of sp³-hybridized carbons (Fsp3) is 0.963. The van der Waals surface area contributed by atoms with E-state index < -0.39 is 0 Å². The Morgan fingerprint density at radius 3 is 0.829 bits per heavy atom. The Kier molecular flexibility index (Phi) is 36.1. The standard InChI is InChI=1S/C27H55NO13/c1-2-41-27(29)3-5-30-7-9-32-11-13-34-15-17-36-19-21-38-23-25-40-26-24-39-22-20-37-18-16-35-14-12-33-10-8-31-6-4-28/h2-26,28H2,1H3. The molecule has 0 aromatic rings. The van der Waals surface area contributed by atoms with E-state index in [1.807, 2.05) is 0 Å². The zero-order chi connectivity index (χ0) is 29.7. The van der Waals surface area contributed by atoms with Crippen LogP contribution >= 0.6 is 0 Å². The van der Waals surface area contributed by atoms with Crippen LogP contribution in [-0.2, 0) is 61.6 Å². The molecule has 0 rings (SSSR count). The fourth-order valence-corrected chi connectivity index (χ4v) is 2.77. The van der Waals surface area contributed by atoms with Crippen LogP contribution in [0, 0.1) is 0 Å². The van der Waals surface area contributed by atoms with Crippen molar-refractivity contribution in [1.29, 1.82) is 0 Å². The van der Waals surface area contributed by atoms with Crippen molar-refractivity contribution in [2.24, 2.45) is 5.73 Å². The summed E-state index contributed by atoms with van der Waals surface area (Å²) in [6.07, 6.45) is 0.257. The van der Waals surface area contributed by atoms with E-state index in [-0.39, 0.29) is 12.4 Å². The summed E-state index contributed by atoms with van der Waals surface area (Å²) in [7, 11) is 0. The van der Waals surface area contributed by atoms with Gasteiger partial charge in [-0.2, -0.15) is 0 Å². The number of esters is 1. The van der Waals surface area contributed by atoms with Gasteiger partial charge in [0.1, 0.15) is 0 Å². The van der Waals surface area contributed by atoms with E-state index in [4.69, 9.17) is 62.6 Å². The van der Waals surface area contributed by atoms with E-state index in [9.17, 15) is 4.79 Å². The number of carbonyl (C=O) groups excluding carboxylic acids is 1. The van der Waals surface area contributed by atoms with Crippen LogP contribution in [0.4, 0.5) is 0 Å². The van der Waals surface area contributed by atoms with E-state index in [1.54, 1.807) is 6.92 Å². The minimum Gasteiger partial charge on any atom is -0.466 e. The molecule has 0 aliphatic heterocycles. The first-order valence-electron chi connectivity index (χ1n) is 14.5. The Morgan fingerprint density at radius 2 is 0.610 bits per heavy atom. The predicted octanol–water partition coefficient (Wildman–Crippen LogP) is 0.0809. The van der Waals surface area contributed by atoms with Crippen LogP contribution in [0.5, 0.6) is 0 Å². The molecule has 2 N–H and O–H groups in total. The average Bonchev–Trinajstić information content (AvgIpc) is 2.97. The van der Waals surface area contributed by atoms with Crippen molar-refractivity contribution < 1.29 is 61.6 Å². The van der Waals surface area contributed by atoms with Gasteiger partial charge in [0, 0.05) is 6.54 Å². The highest BCUT2D eigenvalue weighted by Crippen LogP contribution is 1.89. The second-order valence-corrected chi connectivity index (χ2v) is 8.08. The SMILES string of the molecule is CCOC(=O)CCOCCOCCOCCOCCOCCOCCOCCOCCOCCOCCOCCN. The molecule has 0 aromatic carbocycles. The average molecular weight is 602 g/mol. The van der Waals surface area contributed by atoms with Crippen molar-refractivity contribution in [3.63, 3.8) is 0 Å².